The zero-order valence-electron chi connectivity index (χ0n) is 8.87. The van der Waals surface area contributed by atoms with Gasteiger partial charge in [-0.3, -0.25) is 0 Å². The number of methoxy groups -OCH3 is 1. The zero-order valence-corrected chi connectivity index (χ0v) is 9.63. The van der Waals surface area contributed by atoms with E-state index < -0.39 is 0 Å². The fourth-order valence-corrected chi connectivity index (χ4v) is 1.63. The number of allylic oxidation sites excluding steroid dienone is 1. The highest BCUT2D eigenvalue weighted by atomic mass is 35.5. The number of benzene rings is 1. The summed E-state index contributed by atoms with van der Waals surface area (Å²) in [6.07, 6.45) is 3.59. The SMILES string of the molecule is C=CCC[C@H](N)c1cc(Cl)ccc1OC. The van der Waals surface area contributed by atoms with Gasteiger partial charge in [0.2, 0.25) is 0 Å². The fraction of sp³-hybridized carbons (Fsp3) is 0.333. The molecule has 0 aliphatic heterocycles. The predicted molar refractivity (Wildman–Crippen MR) is 64.4 cm³/mol. The van der Waals surface area contributed by atoms with Gasteiger partial charge in [-0.15, -0.1) is 6.58 Å². The van der Waals surface area contributed by atoms with Gasteiger partial charge in [-0.2, -0.15) is 0 Å². The molecule has 1 rings (SSSR count). The van der Waals surface area contributed by atoms with Crippen molar-refractivity contribution in [2.45, 2.75) is 18.9 Å². The molecule has 2 N–H and O–H groups in total. The molecule has 0 saturated heterocycles. The Hall–Kier alpha value is -0.990. The lowest BCUT2D eigenvalue weighted by Crippen LogP contribution is -2.11. The minimum Gasteiger partial charge on any atom is -0.496 e. The largest absolute Gasteiger partial charge is 0.496 e. The molecule has 2 nitrogen and oxygen atoms in total. The molecule has 0 spiro atoms. The number of ether oxygens (including phenoxy) is 1. The second-order valence-corrected chi connectivity index (χ2v) is 3.80. The highest BCUT2D eigenvalue weighted by Crippen LogP contribution is 2.29. The Morgan fingerprint density at radius 3 is 2.93 bits per heavy atom. The maximum Gasteiger partial charge on any atom is 0.123 e. The Balaban J connectivity index is 2.89. The molecule has 0 saturated carbocycles. The lowest BCUT2D eigenvalue weighted by atomic mass is 10.0. The second-order valence-electron chi connectivity index (χ2n) is 3.36. The van der Waals surface area contributed by atoms with Gasteiger partial charge in [-0.1, -0.05) is 17.7 Å². The van der Waals surface area contributed by atoms with Crippen LogP contribution in [0.3, 0.4) is 0 Å². The smallest absolute Gasteiger partial charge is 0.123 e. The summed E-state index contributed by atoms with van der Waals surface area (Å²) < 4.78 is 5.24. The molecule has 0 aliphatic carbocycles. The van der Waals surface area contributed by atoms with Crippen molar-refractivity contribution in [3.05, 3.63) is 41.4 Å². The molecule has 1 aromatic rings. The lowest BCUT2D eigenvalue weighted by Gasteiger charge is -2.15. The average molecular weight is 226 g/mol. The molecule has 82 valence electrons. The topological polar surface area (TPSA) is 35.2 Å². The average Bonchev–Trinajstić information content (AvgIpc) is 2.25. The number of halogens is 1. The molecule has 0 amide bonds. The molecule has 15 heavy (non-hydrogen) atoms. The minimum absolute atomic E-state index is 0.0587. The van der Waals surface area contributed by atoms with Crippen LogP contribution in [0.25, 0.3) is 0 Å². The molecule has 0 aliphatic rings. The van der Waals surface area contributed by atoms with E-state index in [1.54, 1.807) is 13.2 Å². The first-order valence-electron chi connectivity index (χ1n) is 4.89. The second kappa shape index (κ2) is 5.79. The van der Waals surface area contributed by atoms with Crippen LogP contribution in [-0.4, -0.2) is 7.11 Å². The van der Waals surface area contributed by atoms with Gasteiger partial charge in [0.05, 0.1) is 7.11 Å². The van der Waals surface area contributed by atoms with Crippen LogP contribution >= 0.6 is 11.6 Å². The van der Waals surface area contributed by atoms with Gasteiger partial charge in [0, 0.05) is 16.6 Å². The molecular weight excluding hydrogens is 210 g/mol. The zero-order chi connectivity index (χ0) is 11.3. The first-order valence-corrected chi connectivity index (χ1v) is 5.26. The summed E-state index contributed by atoms with van der Waals surface area (Å²) in [7, 11) is 1.63. The van der Waals surface area contributed by atoms with Crippen LogP contribution in [-0.2, 0) is 0 Å². The summed E-state index contributed by atoms with van der Waals surface area (Å²) in [5.41, 5.74) is 6.99. The standard InChI is InChI=1S/C12H16ClNO/c1-3-4-5-11(14)10-8-9(13)6-7-12(10)15-2/h3,6-8,11H,1,4-5,14H2,2H3/t11-/m0/s1. The minimum atomic E-state index is -0.0587. The Morgan fingerprint density at radius 2 is 2.33 bits per heavy atom. The Morgan fingerprint density at radius 1 is 1.60 bits per heavy atom. The number of nitrogens with two attached hydrogens (primary N) is 1. The van der Waals surface area contributed by atoms with Gasteiger partial charge in [-0.05, 0) is 31.0 Å². The van der Waals surface area contributed by atoms with E-state index in [9.17, 15) is 0 Å². The molecular formula is C12H16ClNO. The van der Waals surface area contributed by atoms with Crippen molar-refractivity contribution >= 4 is 11.6 Å². The van der Waals surface area contributed by atoms with Crippen LogP contribution in [0.1, 0.15) is 24.4 Å². The van der Waals surface area contributed by atoms with Gasteiger partial charge in [-0.25, -0.2) is 0 Å². The Kier molecular flexibility index (Phi) is 4.66. The molecule has 0 bridgehead atoms. The monoisotopic (exact) mass is 225 g/mol. The van der Waals surface area contributed by atoms with E-state index in [0.717, 1.165) is 24.2 Å². The first-order chi connectivity index (χ1) is 7.19. The van der Waals surface area contributed by atoms with E-state index in [2.05, 4.69) is 6.58 Å². The van der Waals surface area contributed by atoms with Crippen molar-refractivity contribution in [2.24, 2.45) is 5.73 Å². The molecule has 0 unspecified atom stereocenters. The predicted octanol–water partition coefficient (Wildman–Crippen LogP) is 3.31. The highest BCUT2D eigenvalue weighted by Gasteiger charge is 2.11. The van der Waals surface area contributed by atoms with E-state index in [4.69, 9.17) is 22.1 Å². The van der Waals surface area contributed by atoms with E-state index in [1.165, 1.54) is 0 Å². The highest BCUT2D eigenvalue weighted by molar-refractivity contribution is 6.30. The molecule has 0 fully saturated rings. The van der Waals surface area contributed by atoms with Crippen molar-refractivity contribution in [3.63, 3.8) is 0 Å². The quantitative estimate of drug-likeness (QED) is 0.781. The molecule has 1 atom stereocenters. The van der Waals surface area contributed by atoms with Crippen molar-refractivity contribution in [1.82, 2.24) is 0 Å². The van der Waals surface area contributed by atoms with Crippen LogP contribution in [0, 0.1) is 0 Å². The van der Waals surface area contributed by atoms with Crippen molar-refractivity contribution in [1.29, 1.82) is 0 Å². The summed E-state index contributed by atoms with van der Waals surface area (Å²) in [4.78, 5) is 0. The number of rotatable bonds is 5. The van der Waals surface area contributed by atoms with E-state index in [-0.39, 0.29) is 6.04 Å². The van der Waals surface area contributed by atoms with E-state index in [0.29, 0.717) is 5.02 Å². The third kappa shape index (κ3) is 3.26. The molecule has 0 aromatic heterocycles. The summed E-state index contributed by atoms with van der Waals surface area (Å²) in [6.45, 7) is 3.67. The molecule has 0 heterocycles. The third-order valence-corrected chi connectivity index (χ3v) is 2.51. The van der Waals surface area contributed by atoms with Crippen LogP contribution in [0.4, 0.5) is 0 Å². The van der Waals surface area contributed by atoms with Crippen molar-refractivity contribution < 1.29 is 4.74 Å². The van der Waals surface area contributed by atoms with E-state index >= 15 is 0 Å². The normalized spacial score (nSPS) is 12.2. The maximum atomic E-state index is 6.04. The van der Waals surface area contributed by atoms with Gasteiger partial charge in [0.15, 0.2) is 0 Å². The van der Waals surface area contributed by atoms with Crippen LogP contribution in [0.15, 0.2) is 30.9 Å². The van der Waals surface area contributed by atoms with Gasteiger partial charge >= 0.3 is 0 Å². The Bertz CT molecular complexity index is 338. The van der Waals surface area contributed by atoms with Crippen LogP contribution < -0.4 is 10.5 Å². The number of hydrogen-bond acceptors (Lipinski definition) is 2. The van der Waals surface area contributed by atoms with Crippen LogP contribution in [0.5, 0.6) is 5.75 Å². The molecule has 0 radical (unpaired) electrons. The molecule has 1 aromatic carbocycles. The maximum absolute atomic E-state index is 6.04. The lowest BCUT2D eigenvalue weighted by molar-refractivity contribution is 0.404. The summed E-state index contributed by atoms with van der Waals surface area (Å²) in [5, 5.41) is 0.680. The van der Waals surface area contributed by atoms with Gasteiger partial charge in [0.1, 0.15) is 5.75 Å². The fourth-order valence-electron chi connectivity index (χ4n) is 1.45. The summed E-state index contributed by atoms with van der Waals surface area (Å²) in [6, 6.07) is 5.43. The summed E-state index contributed by atoms with van der Waals surface area (Å²) >= 11 is 5.92. The third-order valence-electron chi connectivity index (χ3n) is 2.27. The van der Waals surface area contributed by atoms with Gasteiger partial charge in [0.25, 0.3) is 0 Å². The Labute approximate surface area is 95.7 Å². The van der Waals surface area contributed by atoms with Crippen molar-refractivity contribution in [2.75, 3.05) is 7.11 Å². The summed E-state index contributed by atoms with van der Waals surface area (Å²) in [5.74, 6) is 0.788. The van der Waals surface area contributed by atoms with Crippen LogP contribution in [0.2, 0.25) is 5.02 Å². The number of hydrogen-bond donors (Lipinski definition) is 1. The van der Waals surface area contributed by atoms with Gasteiger partial charge < -0.3 is 10.5 Å². The first kappa shape index (κ1) is 12.1. The van der Waals surface area contributed by atoms with Crippen molar-refractivity contribution in [3.8, 4) is 5.75 Å². The van der Waals surface area contributed by atoms with E-state index in [1.807, 2.05) is 18.2 Å². The molecule has 3 heteroatoms.